The maximum Gasteiger partial charge on any atom is 0.291 e. The van der Waals surface area contributed by atoms with E-state index in [0.29, 0.717) is 18.0 Å². The van der Waals surface area contributed by atoms with Crippen molar-refractivity contribution in [2.75, 3.05) is 5.32 Å². The molecule has 0 fully saturated rings. The minimum atomic E-state index is -0.324. The van der Waals surface area contributed by atoms with E-state index in [-0.39, 0.29) is 11.7 Å². The molecule has 0 unspecified atom stereocenters. The number of amides is 1. The number of benzene rings is 1. The molecule has 0 atom stereocenters. The van der Waals surface area contributed by atoms with Crippen LogP contribution in [0.2, 0.25) is 0 Å². The van der Waals surface area contributed by atoms with Gasteiger partial charge in [0.15, 0.2) is 5.76 Å². The van der Waals surface area contributed by atoms with E-state index in [1.807, 2.05) is 42.7 Å². The molecular weight excluding hydrogens is 398 g/mol. The van der Waals surface area contributed by atoms with E-state index in [1.165, 1.54) is 0 Å². The molecule has 0 saturated carbocycles. The summed E-state index contributed by atoms with van der Waals surface area (Å²) in [5.41, 5.74) is 1.40. The van der Waals surface area contributed by atoms with Crippen LogP contribution in [-0.2, 0) is 6.54 Å². The Kier molecular flexibility index (Phi) is 4.40. The first-order valence-corrected chi connectivity index (χ1v) is 8.65. The first-order valence-electron chi connectivity index (χ1n) is 7.86. The minimum absolute atomic E-state index is 0.239. The molecule has 0 bridgehead atoms. The summed E-state index contributed by atoms with van der Waals surface area (Å²) in [4.78, 5) is 12.6. The predicted molar refractivity (Wildman–Crippen MR) is 99.3 cm³/mol. The normalized spacial score (nSPS) is 10.8. The van der Waals surface area contributed by atoms with Crippen molar-refractivity contribution in [2.45, 2.75) is 6.54 Å². The lowest BCUT2D eigenvalue weighted by atomic mass is 10.2. The van der Waals surface area contributed by atoms with Crippen LogP contribution in [0.1, 0.15) is 16.3 Å². The molecule has 7 nitrogen and oxygen atoms in total. The molecule has 0 spiro atoms. The molecule has 0 aliphatic carbocycles. The van der Waals surface area contributed by atoms with Crippen LogP contribution in [0.5, 0.6) is 0 Å². The number of nitrogens with one attached hydrogen (secondary N) is 1. The summed E-state index contributed by atoms with van der Waals surface area (Å²) in [5.74, 6) is 0.571. The average molecular weight is 412 g/mol. The van der Waals surface area contributed by atoms with Gasteiger partial charge in [-0.15, -0.1) is 0 Å². The molecule has 3 heterocycles. The zero-order valence-electron chi connectivity index (χ0n) is 13.5. The molecule has 130 valence electrons. The number of aromatic nitrogens is 4. The monoisotopic (exact) mass is 411 g/mol. The van der Waals surface area contributed by atoms with Gasteiger partial charge in [0.05, 0.1) is 28.6 Å². The summed E-state index contributed by atoms with van der Waals surface area (Å²) < 4.78 is 9.91. The van der Waals surface area contributed by atoms with E-state index < -0.39 is 0 Å². The summed E-state index contributed by atoms with van der Waals surface area (Å²) in [6.45, 7) is 0.470. The standard InChI is InChI=1S/C18H14BrN5O2/c19-13-10-21-24(11-13)16-5-2-1-4-15(16)22-18(25)17-7-6-14(26-17)12-23-9-3-8-20-23/h1-11H,12H2,(H,22,25). The summed E-state index contributed by atoms with van der Waals surface area (Å²) in [5, 5.41) is 11.3. The molecule has 1 aromatic carbocycles. The van der Waals surface area contributed by atoms with Gasteiger partial charge in [-0.2, -0.15) is 10.2 Å². The molecule has 0 aliphatic heterocycles. The number of para-hydroxylation sites is 2. The molecule has 0 aliphatic rings. The van der Waals surface area contributed by atoms with Gasteiger partial charge in [0.2, 0.25) is 0 Å². The van der Waals surface area contributed by atoms with Gasteiger partial charge in [-0.3, -0.25) is 9.48 Å². The van der Waals surface area contributed by atoms with E-state index in [9.17, 15) is 4.79 Å². The third-order valence-electron chi connectivity index (χ3n) is 3.71. The fourth-order valence-electron chi connectivity index (χ4n) is 2.53. The Labute approximate surface area is 157 Å². The van der Waals surface area contributed by atoms with Crippen molar-refractivity contribution >= 4 is 27.5 Å². The second kappa shape index (κ2) is 7.01. The van der Waals surface area contributed by atoms with Crippen LogP contribution in [0, 0.1) is 0 Å². The Hall–Kier alpha value is -3.13. The lowest BCUT2D eigenvalue weighted by molar-refractivity contribution is 0.0994. The van der Waals surface area contributed by atoms with Gasteiger partial charge < -0.3 is 9.73 Å². The Morgan fingerprint density at radius 3 is 2.81 bits per heavy atom. The van der Waals surface area contributed by atoms with E-state index in [0.717, 1.165) is 10.2 Å². The summed E-state index contributed by atoms with van der Waals surface area (Å²) in [7, 11) is 0. The number of carbonyl (C=O) groups is 1. The van der Waals surface area contributed by atoms with E-state index in [2.05, 4.69) is 31.4 Å². The quantitative estimate of drug-likeness (QED) is 0.542. The highest BCUT2D eigenvalue weighted by Gasteiger charge is 2.14. The molecule has 8 heteroatoms. The molecule has 4 rings (SSSR count). The fourth-order valence-corrected chi connectivity index (χ4v) is 2.82. The Morgan fingerprint density at radius 2 is 2.04 bits per heavy atom. The fraction of sp³-hybridized carbons (Fsp3) is 0.0556. The molecule has 0 radical (unpaired) electrons. The zero-order chi connectivity index (χ0) is 17.9. The van der Waals surface area contributed by atoms with Crippen molar-refractivity contribution < 1.29 is 9.21 Å². The van der Waals surface area contributed by atoms with Crippen LogP contribution in [0.25, 0.3) is 5.69 Å². The van der Waals surface area contributed by atoms with Crippen LogP contribution in [0.15, 0.2) is 76.1 Å². The SMILES string of the molecule is O=C(Nc1ccccc1-n1cc(Br)cn1)c1ccc(Cn2cccn2)o1. The number of halogens is 1. The maximum atomic E-state index is 12.6. The van der Waals surface area contributed by atoms with Crippen LogP contribution in [0.3, 0.4) is 0 Å². The smallest absolute Gasteiger partial charge is 0.291 e. The molecule has 1 amide bonds. The topological polar surface area (TPSA) is 77.9 Å². The summed E-state index contributed by atoms with van der Waals surface area (Å²) in [6, 6.07) is 12.7. The van der Waals surface area contributed by atoms with Crippen molar-refractivity contribution in [1.82, 2.24) is 19.6 Å². The van der Waals surface area contributed by atoms with Crippen molar-refractivity contribution in [1.29, 1.82) is 0 Å². The second-order valence-corrected chi connectivity index (χ2v) is 6.46. The summed E-state index contributed by atoms with van der Waals surface area (Å²) >= 11 is 3.38. The second-order valence-electron chi connectivity index (χ2n) is 5.54. The lowest BCUT2D eigenvalue weighted by Crippen LogP contribution is -2.13. The average Bonchev–Trinajstić information content (AvgIpc) is 3.38. The van der Waals surface area contributed by atoms with E-state index >= 15 is 0 Å². The Bertz CT molecular complexity index is 1040. The lowest BCUT2D eigenvalue weighted by Gasteiger charge is -2.10. The number of carbonyl (C=O) groups excluding carboxylic acids is 1. The van der Waals surface area contributed by atoms with Gasteiger partial charge in [-0.1, -0.05) is 12.1 Å². The van der Waals surface area contributed by atoms with Gasteiger partial charge in [0.1, 0.15) is 5.76 Å². The number of hydrogen-bond acceptors (Lipinski definition) is 4. The molecule has 1 N–H and O–H groups in total. The number of anilines is 1. The van der Waals surface area contributed by atoms with E-state index in [4.69, 9.17) is 4.42 Å². The molecule has 4 aromatic rings. The first-order chi connectivity index (χ1) is 12.7. The number of hydrogen-bond donors (Lipinski definition) is 1. The van der Waals surface area contributed by atoms with Crippen molar-refractivity contribution in [3.05, 3.63) is 83.2 Å². The van der Waals surface area contributed by atoms with Gasteiger partial charge in [-0.05, 0) is 46.3 Å². The number of furan rings is 1. The third kappa shape index (κ3) is 3.45. The van der Waals surface area contributed by atoms with Crippen LogP contribution in [-0.4, -0.2) is 25.5 Å². The minimum Gasteiger partial charge on any atom is -0.454 e. The molecule has 3 aromatic heterocycles. The van der Waals surface area contributed by atoms with Gasteiger partial charge in [0, 0.05) is 18.6 Å². The van der Waals surface area contributed by atoms with Crippen LogP contribution in [0.4, 0.5) is 5.69 Å². The highest BCUT2D eigenvalue weighted by molar-refractivity contribution is 9.10. The van der Waals surface area contributed by atoms with Crippen LogP contribution >= 0.6 is 15.9 Å². The van der Waals surface area contributed by atoms with Crippen molar-refractivity contribution in [2.24, 2.45) is 0 Å². The Morgan fingerprint density at radius 1 is 1.15 bits per heavy atom. The van der Waals surface area contributed by atoms with Gasteiger partial charge in [0.25, 0.3) is 5.91 Å². The van der Waals surface area contributed by atoms with Gasteiger partial charge >= 0.3 is 0 Å². The Balaban J connectivity index is 1.53. The third-order valence-corrected chi connectivity index (χ3v) is 4.12. The molecular formula is C18H14BrN5O2. The maximum absolute atomic E-state index is 12.6. The predicted octanol–water partition coefficient (Wildman–Crippen LogP) is 3.72. The number of nitrogens with zero attached hydrogens (tertiary/aromatic N) is 4. The molecule has 26 heavy (non-hydrogen) atoms. The van der Waals surface area contributed by atoms with Gasteiger partial charge in [-0.25, -0.2) is 4.68 Å². The van der Waals surface area contributed by atoms with Crippen molar-refractivity contribution in [3.63, 3.8) is 0 Å². The summed E-state index contributed by atoms with van der Waals surface area (Å²) in [6.07, 6.45) is 7.04. The number of rotatable bonds is 5. The van der Waals surface area contributed by atoms with Crippen LogP contribution < -0.4 is 5.32 Å². The van der Waals surface area contributed by atoms with E-state index in [1.54, 1.807) is 33.9 Å². The first kappa shape index (κ1) is 16.3. The zero-order valence-corrected chi connectivity index (χ0v) is 15.1. The highest BCUT2D eigenvalue weighted by Crippen LogP contribution is 2.22. The largest absolute Gasteiger partial charge is 0.454 e. The van der Waals surface area contributed by atoms with Crippen molar-refractivity contribution in [3.8, 4) is 5.69 Å². The molecule has 0 saturated heterocycles. The highest BCUT2D eigenvalue weighted by atomic mass is 79.9.